The number of rotatable bonds is 5. The fourth-order valence-corrected chi connectivity index (χ4v) is 4.78. The number of fused-ring (bicyclic) bond motifs is 1. The number of ether oxygens (including phenoxy) is 2. The molecule has 8 nitrogen and oxygen atoms in total. The van der Waals surface area contributed by atoms with E-state index in [0.717, 1.165) is 6.07 Å². The van der Waals surface area contributed by atoms with Gasteiger partial charge in [0.2, 0.25) is 5.89 Å². The molecule has 0 saturated carbocycles. The summed E-state index contributed by atoms with van der Waals surface area (Å²) >= 11 is 0. The minimum Gasteiger partial charge on any atom is -0.441 e. The van der Waals surface area contributed by atoms with Crippen molar-refractivity contribution >= 4 is 17.0 Å². The van der Waals surface area contributed by atoms with E-state index in [2.05, 4.69) is 4.98 Å². The maximum Gasteiger partial charge on any atom is 0.430 e. The Labute approximate surface area is 235 Å². The van der Waals surface area contributed by atoms with Crippen LogP contribution in [0, 0.1) is 13.8 Å². The van der Waals surface area contributed by atoms with E-state index in [1.807, 2.05) is 0 Å². The van der Waals surface area contributed by atoms with E-state index in [-0.39, 0.29) is 23.6 Å². The molecule has 0 atom stereocenters. The third kappa shape index (κ3) is 5.31. The van der Waals surface area contributed by atoms with Crippen molar-refractivity contribution in [3.63, 3.8) is 0 Å². The van der Waals surface area contributed by atoms with Gasteiger partial charge >= 0.3 is 18.4 Å². The third-order valence-electron chi connectivity index (χ3n) is 7.10. The number of aryl methyl sites for hydroxylation is 2. The third-order valence-corrected chi connectivity index (χ3v) is 7.10. The SMILES string of the molecule is Cc1oc(-c2cccc(OC(=O)N3CCOCC3)c2)nc1Cn1c(C)cc2cc(C(O)(C(F)(F)F)C(F)(F)F)ccc21. The second kappa shape index (κ2) is 10.7. The van der Waals surface area contributed by atoms with Crippen LogP contribution in [-0.4, -0.2) is 64.3 Å². The number of benzene rings is 2. The molecule has 0 unspecified atom stereocenters. The zero-order valence-corrected chi connectivity index (χ0v) is 22.3. The minimum atomic E-state index is -5.98. The Morgan fingerprint density at radius 2 is 1.69 bits per heavy atom. The highest BCUT2D eigenvalue weighted by molar-refractivity contribution is 5.82. The molecule has 224 valence electrons. The molecule has 0 bridgehead atoms. The summed E-state index contributed by atoms with van der Waals surface area (Å²) in [5.74, 6) is 0.938. The number of halogens is 6. The lowest BCUT2D eigenvalue weighted by Crippen LogP contribution is -2.53. The highest BCUT2D eigenvalue weighted by Gasteiger charge is 2.71. The van der Waals surface area contributed by atoms with Gasteiger partial charge in [-0.1, -0.05) is 12.1 Å². The Kier molecular flexibility index (Phi) is 7.47. The van der Waals surface area contributed by atoms with Crippen LogP contribution in [0.3, 0.4) is 0 Å². The molecule has 1 aliphatic heterocycles. The normalized spacial score (nSPS) is 14.9. The van der Waals surface area contributed by atoms with Crippen molar-refractivity contribution in [2.24, 2.45) is 0 Å². The van der Waals surface area contributed by atoms with Crippen molar-refractivity contribution in [2.75, 3.05) is 26.3 Å². The molecular formula is C28H25F6N3O5. The lowest BCUT2D eigenvalue weighted by atomic mass is 9.91. The van der Waals surface area contributed by atoms with Gasteiger partial charge < -0.3 is 28.5 Å². The molecule has 1 aliphatic rings. The fraction of sp³-hybridized carbons (Fsp3) is 0.357. The molecule has 3 heterocycles. The molecule has 4 aromatic rings. The molecule has 42 heavy (non-hydrogen) atoms. The quantitative estimate of drug-likeness (QED) is 0.280. The van der Waals surface area contributed by atoms with Crippen molar-refractivity contribution in [1.29, 1.82) is 0 Å². The molecule has 0 radical (unpaired) electrons. The lowest BCUT2D eigenvalue weighted by molar-refractivity contribution is -0.376. The van der Waals surface area contributed by atoms with Crippen LogP contribution in [0.5, 0.6) is 5.75 Å². The van der Waals surface area contributed by atoms with Gasteiger partial charge in [-0.2, -0.15) is 26.3 Å². The predicted octanol–water partition coefficient (Wildman–Crippen LogP) is 6.10. The zero-order valence-electron chi connectivity index (χ0n) is 22.3. The predicted molar refractivity (Wildman–Crippen MR) is 137 cm³/mol. The first-order chi connectivity index (χ1) is 19.7. The number of morpholine rings is 1. The maximum atomic E-state index is 13.4. The number of aliphatic hydroxyl groups is 1. The van der Waals surface area contributed by atoms with Crippen LogP contribution in [0.15, 0.2) is 52.9 Å². The first-order valence-corrected chi connectivity index (χ1v) is 12.8. The average molecular weight is 598 g/mol. The molecular weight excluding hydrogens is 572 g/mol. The molecule has 0 aliphatic carbocycles. The van der Waals surface area contributed by atoms with Gasteiger partial charge in [0.15, 0.2) is 0 Å². The summed E-state index contributed by atoms with van der Waals surface area (Å²) in [5, 5.41) is 9.87. The van der Waals surface area contributed by atoms with Crippen LogP contribution in [0.1, 0.15) is 22.7 Å². The number of nitrogens with zero attached hydrogens (tertiary/aromatic N) is 3. The smallest absolute Gasteiger partial charge is 0.430 e. The van der Waals surface area contributed by atoms with E-state index < -0.39 is 29.6 Å². The van der Waals surface area contributed by atoms with Gasteiger partial charge in [0.05, 0.1) is 19.8 Å². The second-order valence-corrected chi connectivity index (χ2v) is 9.87. The monoisotopic (exact) mass is 597 g/mol. The number of carbonyl (C=O) groups is 1. The number of hydrogen-bond donors (Lipinski definition) is 1. The Bertz CT molecular complexity index is 1600. The Morgan fingerprint density at radius 3 is 2.36 bits per heavy atom. The molecule has 5 rings (SSSR count). The van der Waals surface area contributed by atoms with Crippen LogP contribution in [-0.2, 0) is 16.9 Å². The highest BCUT2D eigenvalue weighted by Crippen LogP contribution is 2.50. The first kappa shape index (κ1) is 29.5. The van der Waals surface area contributed by atoms with Gasteiger partial charge in [-0.15, -0.1) is 0 Å². The average Bonchev–Trinajstić information content (AvgIpc) is 3.45. The first-order valence-electron chi connectivity index (χ1n) is 12.8. The molecule has 1 amide bonds. The number of carbonyl (C=O) groups excluding carboxylic acids is 1. The molecule has 0 spiro atoms. The number of aromatic nitrogens is 2. The summed E-state index contributed by atoms with van der Waals surface area (Å²) in [4.78, 5) is 18.5. The molecule has 1 saturated heterocycles. The van der Waals surface area contributed by atoms with E-state index in [1.54, 1.807) is 42.7 Å². The van der Waals surface area contributed by atoms with Crippen molar-refractivity contribution in [3.8, 4) is 17.2 Å². The Balaban J connectivity index is 1.41. The Hall–Kier alpha value is -4.04. The molecule has 1 N–H and O–H groups in total. The van der Waals surface area contributed by atoms with E-state index in [9.17, 15) is 36.2 Å². The van der Waals surface area contributed by atoms with E-state index in [1.165, 1.54) is 11.0 Å². The van der Waals surface area contributed by atoms with Gasteiger partial charge in [0.25, 0.3) is 5.60 Å². The van der Waals surface area contributed by atoms with E-state index in [0.29, 0.717) is 66.7 Å². The summed E-state index contributed by atoms with van der Waals surface area (Å²) < 4.78 is 98.6. The van der Waals surface area contributed by atoms with Crippen molar-refractivity contribution in [1.82, 2.24) is 14.5 Å². The van der Waals surface area contributed by atoms with Crippen molar-refractivity contribution < 1.29 is 50.1 Å². The van der Waals surface area contributed by atoms with Crippen LogP contribution in [0.4, 0.5) is 31.1 Å². The Morgan fingerprint density at radius 1 is 1.00 bits per heavy atom. The van der Waals surface area contributed by atoms with Gasteiger partial charge in [0.1, 0.15) is 17.2 Å². The van der Waals surface area contributed by atoms with E-state index >= 15 is 0 Å². The summed E-state index contributed by atoms with van der Waals surface area (Å²) in [5.41, 5.74) is -4.50. The van der Waals surface area contributed by atoms with Gasteiger partial charge in [-0.3, -0.25) is 0 Å². The second-order valence-electron chi connectivity index (χ2n) is 9.87. The van der Waals surface area contributed by atoms with Crippen molar-refractivity contribution in [3.05, 3.63) is 71.2 Å². The molecule has 2 aromatic carbocycles. The number of oxazole rings is 1. The van der Waals surface area contributed by atoms with Gasteiger partial charge in [-0.05, 0) is 50.2 Å². The van der Waals surface area contributed by atoms with Crippen LogP contribution < -0.4 is 4.74 Å². The number of amides is 1. The van der Waals surface area contributed by atoms with Crippen LogP contribution >= 0.6 is 0 Å². The highest BCUT2D eigenvalue weighted by atomic mass is 19.4. The largest absolute Gasteiger partial charge is 0.441 e. The maximum absolute atomic E-state index is 13.4. The summed E-state index contributed by atoms with van der Waals surface area (Å²) in [6.07, 6.45) is -12.5. The lowest BCUT2D eigenvalue weighted by Gasteiger charge is -2.32. The molecule has 2 aromatic heterocycles. The topological polar surface area (TPSA) is 90.0 Å². The zero-order chi connectivity index (χ0) is 30.4. The van der Waals surface area contributed by atoms with E-state index in [4.69, 9.17) is 13.9 Å². The standard InChI is InChI=1S/C28H25F6N3O5/c1-16-12-19-13-20(26(39,27(29,30)31)28(32,33)34)6-7-23(19)37(16)15-22-17(2)41-24(35-22)18-4-3-5-21(14-18)42-25(38)36-8-10-40-11-9-36/h3-7,12-14,39H,8-11,15H2,1-2H3. The number of alkyl halides is 6. The van der Waals surface area contributed by atoms with Crippen LogP contribution in [0.2, 0.25) is 0 Å². The summed E-state index contributed by atoms with van der Waals surface area (Å²) in [7, 11) is 0. The summed E-state index contributed by atoms with van der Waals surface area (Å²) in [6, 6.07) is 10.4. The number of hydrogen-bond acceptors (Lipinski definition) is 6. The molecule has 14 heteroatoms. The van der Waals surface area contributed by atoms with Gasteiger partial charge in [0, 0.05) is 40.8 Å². The summed E-state index contributed by atoms with van der Waals surface area (Å²) in [6.45, 7) is 5.09. The fourth-order valence-electron chi connectivity index (χ4n) is 4.78. The van der Waals surface area contributed by atoms with Crippen LogP contribution in [0.25, 0.3) is 22.4 Å². The minimum absolute atomic E-state index is 0.0769. The van der Waals surface area contributed by atoms with Crippen molar-refractivity contribution in [2.45, 2.75) is 38.3 Å². The van der Waals surface area contributed by atoms with Gasteiger partial charge in [-0.25, -0.2) is 9.78 Å². The molecule has 1 fully saturated rings.